The summed E-state index contributed by atoms with van der Waals surface area (Å²) in [6, 6.07) is 0. The van der Waals surface area contributed by atoms with E-state index in [0.29, 0.717) is 43.6 Å². The average Bonchev–Trinajstić information content (AvgIpc) is 3.55. The van der Waals surface area contributed by atoms with Crippen molar-refractivity contribution in [2.24, 2.45) is 63.9 Å². The molecule has 1 saturated heterocycles. The van der Waals surface area contributed by atoms with E-state index >= 15 is 4.79 Å². The molecule has 63 heavy (non-hydrogen) atoms. The van der Waals surface area contributed by atoms with Crippen LogP contribution < -0.4 is 16.4 Å². The van der Waals surface area contributed by atoms with Crippen LogP contribution in [0.3, 0.4) is 0 Å². The van der Waals surface area contributed by atoms with E-state index in [1.807, 2.05) is 12.2 Å². The first-order valence-corrected chi connectivity index (χ1v) is 24.7. The van der Waals surface area contributed by atoms with Gasteiger partial charge in [-0.2, -0.15) is 0 Å². The molecule has 0 aromatic rings. The number of hydrogen-bond acceptors (Lipinski definition) is 13. The van der Waals surface area contributed by atoms with Gasteiger partial charge in [-0.1, -0.05) is 51.3 Å². The Balaban J connectivity index is 1.25. The van der Waals surface area contributed by atoms with Gasteiger partial charge in [0.25, 0.3) is 0 Å². The minimum atomic E-state index is -1.77. The lowest BCUT2D eigenvalue weighted by molar-refractivity contribution is -0.211. The van der Waals surface area contributed by atoms with Gasteiger partial charge in [0, 0.05) is 42.7 Å². The smallest absolute Gasteiger partial charge is 0.182 e. The first kappa shape index (κ1) is 47.3. The summed E-state index contributed by atoms with van der Waals surface area (Å²) in [6.07, 6.45) is 12.0. The molecule has 13 nitrogen and oxygen atoms in total. The summed E-state index contributed by atoms with van der Waals surface area (Å²) >= 11 is 0. The molecule has 19 atom stereocenters. The van der Waals surface area contributed by atoms with Crippen molar-refractivity contribution in [2.75, 3.05) is 19.8 Å². The fourth-order valence-electron chi connectivity index (χ4n) is 15.5. The fourth-order valence-corrected chi connectivity index (χ4v) is 15.5. The number of nitrogens with two attached hydrogens (primary N) is 1. The normalized spacial score (nSPS) is 45.3. The Labute approximate surface area is 374 Å². The molecule has 12 N–H and O–H groups in total. The topological polar surface area (TPSA) is 238 Å². The molecule has 0 aromatic heterocycles. The predicted octanol–water partition coefficient (Wildman–Crippen LogP) is 3.23. The minimum absolute atomic E-state index is 0.000621. The summed E-state index contributed by atoms with van der Waals surface area (Å²) in [5.41, 5.74) is 3.30. The summed E-state index contributed by atoms with van der Waals surface area (Å²) in [6.45, 7) is 7.41. The molecule has 2 aliphatic heterocycles. The van der Waals surface area contributed by atoms with Crippen molar-refractivity contribution < 1.29 is 50.4 Å². The Morgan fingerprint density at radius 1 is 1.03 bits per heavy atom. The summed E-state index contributed by atoms with van der Waals surface area (Å²) < 4.78 is 6.78. The van der Waals surface area contributed by atoms with Gasteiger partial charge in [-0.3, -0.25) is 4.79 Å². The zero-order chi connectivity index (χ0) is 45.2. The highest BCUT2D eigenvalue weighted by molar-refractivity contribution is 6.00. The van der Waals surface area contributed by atoms with Gasteiger partial charge >= 0.3 is 0 Å². The van der Waals surface area contributed by atoms with Crippen LogP contribution in [0.4, 0.5) is 0 Å². The van der Waals surface area contributed by atoms with Gasteiger partial charge in [-0.05, 0) is 149 Å². The molecule has 1 unspecified atom stereocenters. The SMILES string of the molecule is CCC[C@@H]1CC[C@H]2[C@H](C)[C@H]([C@@H](O)[C@](C)(O)[C@H]3CC[C@@]4(O)C5=C(NC[C@H](C)O)C(=O)[C@@H]6C[C@@H](O)[C@@H](O)C[C@@]67C[C@H](C6=C(CCCO)NC(N)C=C6)C=C[C@H](C[C@]34CCO)[C@@H]57)O[C@@H]2CC1. The number of hydrogen-bond donors (Lipinski definition) is 11. The van der Waals surface area contributed by atoms with Gasteiger partial charge in [0.2, 0.25) is 0 Å². The van der Waals surface area contributed by atoms with E-state index in [2.05, 4.69) is 36.6 Å². The molecular formula is C50H79N3O10. The van der Waals surface area contributed by atoms with Crippen LogP contribution in [-0.4, -0.2) is 120 Å². The maximum Gasteiger partial charge on any atom is 0.182 e. The zero-order valence-corrected chi connectivity index (χ0v) is 38.2. The van der Waals surface area contributed by atoms with Gasteiger partial charge in [-0.25, -0.2) is 0 Å². The van der Waals surface area contributed by atoms with Crippen molar-refractivity contribution >= 4 is 5.78 Å². The molecule has 2 heterocycles. The van der Waals surface area contributed by atoms with E-state index in [4.69, 9.17) is 10.5 Å². The van der Waals surface area contributed by atoms with Gasteiger partial charge in [0.15, 0.2) is 5.78 Å². The Bertz CT molecular complexity index is 1810. The highest BCUT2D eigenvalue weighted by Crippen LogP contribution is 2.74. The van der Waals surface area contributed by atoms with E-state index in [1.165, 1.54) is 6.42 Å². The van der Waals surface area contributed by atoms with Crippen molar-refractivity contribution in [2.45, 2.75) is 178 Å². The third kappa shape index (κ3) is 7.83. The van der Waals surface area contributed by atoms with Crippen molar-refractivity contribution in [3.63, 3.8) is 0 Å². The van der Waals surface area contributed by atoms with Crippen LogP contribution in [-0.2, 0) is 9.53 Å². The number of aliphatic hydroxyl groups is 8. The number of ether oxygens (including phenoxy) is 1. The van der Waals surface area contributed by atoms with E-state index in [0.717, 1.165) is 43.4 Å². The van der Waals surface area contributed by atoms with E-state index in [1.54, 1.807) is 13.8 Å². The number of Topliss-reactive ketones (excluding diaryl/α,β-unsaturated/α-hetero) is 1. The zero-order valence-electron chi connectivity index (χ0n) is 38.2. The summed E-state index contributed by atoms with van der Waals surface area (Å²) in [4.78, 5) is 15.4. The second-order valence-electron chi connectivity index (χ2n) is 21.8. The van der Waals surface area contributed by atoms with Crippen LogP contribution in [0.1, 0.15) is 124 Å². The molecule has 13 heteroatoms. The number of ketones is 1. The quantitative estimate of drug-likeness (QED) is 0.113. The van der Waals surface area contributed by atoms with Gasteiger partial charge < -0.3 is 62.0 Å². The molecule has 0 aromatic carbocycles. The molecule has 8 aliphatic rings. The van der Waals surface area contributed by atoms with Crippen LogP contribution in [0, 0.1) is 58.2 Å². The predicted molar refractivity (Wildman–Crippen MR) is 238 cm³/mol. The first-order chi connectivity index (χ1) is 30.0. The summed E-state index contributed by atoms with van der Waals surface area (Å²) in [7, 11) is 0. The second kappa shape index (κ2) is 18.1. The number of nitrogens with one attached hydrogen (secondary N) is 2. The Hall–Kier alpha value is -2.17. The highest BCUT2D eigenvalue weighted by Gasteiger charge is 2.75. The number of aliphatic hydroxyl groups excluding tert-OH is 6. The molecule has 5 fully saturated rings. The van der Waals surface area contributed by atoms with Crippen molar-refractivity contribution in [1.82, 2.24) is 10.6 Å². The molecule has 4 saturated carbocycles. The molecule has 0 amide bonds. The third-order valence-electron chi connectivity index (χ3n) is 18.3. The summed E-state index contributed by atoms with van der Waals surface area (Å²) in [5.74, 6) is -1.87. The number of carbonyl (C=O) groups excluding carboxylic acids is 1. The average molecular weight is 882 g/mol. The van der Waals surface area contributed by atoms with Crippen LogP contribution >= 0.6 is 0 Å². The number of dihydropyridines is 1. The third-order valence-corrected chi connectivity index (χ3v) is 18.3. The molecule has 0 bridgehead atoms. The lowest BCUT2D eigenvalue weighted by Gasteiger charge is -2.65. The van der Waals surface area contributed by atoms with Crippen molar-refractivity contribution in [3.05, 3.63) is 46.8 Å². The largest absolute Gasteiger partial charge is 0.396 e. The molecule has 6 aliphatic carbocycles. The summed E-state index contributed by atoms with van der Waals surface area (Å²) in [5, 5.41) is 101. The van der Waals surface area contributed by atoms with Crippen molar-refractivity contribution in [1.29, 1.82) is 0 Å². The Morgan fingerprint density at radius 2 is 1.79 bits per heavy atom. The molecule has 8 rings (SSSR count). The fraction of sp³-hybridized carbons (Fsp3) is 0.820. The number of fused-ring (bicyclic) bond motifs is 3. The molecule has 0 radical (unpaired) electrons. The number of allylic oxidation sites excluding steroid dienone is 6. The number of rotatable bonds is 14. The monoisotopic (exact) mass is 882 g/mol. The van der Waals surface area contributed by atoms with Gasteiger partial charge in [0.1, 0.15) is 6.10 Å². The maximum atomic E-state index is 15.4. The highest BCUT2D eigenvalue weighted by atomic mass is 16.5. The minimum Gasteiger partial charge on any atom is -0.396 e. The number of carbonyl (C=O) groups is 1. The van der Waals surface area contributed by atoms with Crippen LogP contribution in [0.2, 0.25) is 0 Å². The van der Waals surface area contributed by atoms with Crippen molar-refractivity contribution in [3.8, 4) is 0 Å². The van der Waals surface area contributed by atoms with E-state index < -0.39 is 76.5 Å². The molecule has 1 spiro atoms. The molecular weight excluding hydrogens is 803 g/mol. The standard InChI is InChI=1S/C50H79N3O10/c1-5-7-29-9-13-32-28(3)45(63-38(32)15-10-29)46(60)47(4,61)39-17-18-50(62)42-41-31(24-49(39,50)19-21-55)12-11-30(33-14-16-40(51)53-35(33)8-6-20-54)23-48(41)25-37(58)36(57)22-34(48)44(59)43(42)52-26-27(2)56/h11-12,14,16,27-32,34,36-41,45-46,52-58,60-62H,5-10,13,15,17-26,51H2,1-4H3/t27-,28-,29+,30+,31+,32-,34-,36+,37-,38+,39+,40?,41-,45+,46+,47+,48-,49+,50+/m0/s1. The van der Waals surface area contributed by atoms with Crippen LogP contribution in [0.15, 0.2) is 46.8 Å². The molecule has 354 valence electrons. The first-order valence-electron chi connectivity index (χ1n) is 24.7. The maximum absolute atomic E-state index is 15.4. The van der Waals surface area contributed by atoms with E-state index in [-0.39, 0.29) is 86.7 Å². The van der Waals surface area contributed by atoms with Gasteiger partial charge in [0.05, 0.1) is 53.6 Å². The van der Waals surface area contributed by atoms with Gasteiger partial charge in [-0.15, -0.1) is 0 Å². The lowest BCUT2D eigenvalue weighted by Crippen LogP contribution is -2.68. The van der Waals surface area contributed by atoms with Crippen LogP contribution in [0.5, 0.6) is 0 Å². The lowest BCUT2D eigenvalue weighted by atomic mass is 9.40. The Kier molecular flexibility index (Phi) is 13.6. The van der Waals surface area contributed by atoms with Crippen LogP contribution in [0.25, 0.3) is 0 Å². The Morgan fingerprint density at radius 3 is 2.51 bits per heavy atom. The second-order valence-corrected chi connectivity index (χ2v) is 21.8. The van der Waals surface area contributed by atoms with E-state index in [9.17, 15) is 40.9 Å².